The lowest BCUT2D eigenvalue weighted by atomic mass is 9.74. The zero-order valence-electron chi connectivity index (χ0n) is 6.75. The van der Waals surface area contributed by atoms with Crippen molar-refractivity contribution in [2.75, 3.05) is 0 Å². The highest BCUT2D eigenvalue weighted by atomic mass is 14.3. The van der Waals surface area contributed by atoms with Gasteiger partial charge in [-0.25, -0.2) is 0 Å². The molecule has 0 saturated carbocycles. The minimum Gasteiger partial charge on any atom is -0.0833 e. The van der Waals surface area contributed by atoms with Gasteiger partial charge in [-0.15, -0.1) is 0 Å². The Kier molecular flexibility index (Phi) is 1.35. The predicted molar refractivity (Wildman–Crippen MR) is 48.2 cm³/mol. The average molecular weight is 144 g/mol. The van der Waals surface area contributed by atoms with Gasteiger partial charge in [0, 0.05) is 5.41 Å². The molecule has 11 heavy (non-hydrogen) atoms. The number of allylic oxidation sites excluding steroid dienone is 8. The Morgan fingerprint density at radius 3 is 3.00 bits per heavy atom. The lowest BCUT2D eigenvalue weighted by Crippen LogP contribution is -2.17. The van der Waals surface area contributed by atoms with Crippen LogP contribution in [0.5, 0.6) is 0 Å². The van der Waals surface area contributed by atoms with Crippen LogP contribution in [0.1, 0.15) is 13.3 Å². The first-order valence-corrected chi connectivity index (χ1v) is 4.04. The van der Waals surface area contributed by atoms with Crippen molar-refractivity contribution in [2.24, 2.45) is 5.41 Å². The standard InChI is InChI=1S/C11H12/c1-11-8-4-2-6-10(11)7-3-5-9-11/h2-8H,9H2,1H3. The maximum Gasteiger partial charge on any atom is 0.0141 e. The van der Waals surface area contributed by atoms with Crippen LogP contribution in [0, 0.1) is 5.41 Å². The van der Waals surface area contributed by atoms with Gasteiger partial charge < -0.3 is 0 Å². The van der Waals surface area contributed by atoms with Crippen molar-refractivity contribution in [1.29, 1.82) is 0 Å². The molecule has 0 N–H and O–H groups in total. The van der Waals surface area contributed by atoms with Crippen LogP contribution in [0.4, 0.5) is 0 Å². The summed E-state index contributed by atoms with van der Waals surface area (Å²) in [5.74, 6) is 0. The van der Waals surface area contributed by atoms with Crippen LogP contribution >= 0.6 is 0 Å². The van der Waals surface area contributed by atoms with Gasteiger partial charge in [-0.1, -0.05) is 49.5 Å². The molecule has 0 bridgehead atoms. The Hall–Kier alpha value is -1.04. The molecular formula is C11H12. The van der Waals surface area contributed by atoms with Gasteiger partial charge in [0.25, 0.3) is 0 Å². The van der Waals surface area contributed by atoms with Gasteiger partial charge in [0.1, 0.15) is 0 Å². The maximum absolute atomic E-state index is 2.28. The summed E-state index contributed by atoms with van der Waals surface area (Å²) < 4.78 is 0. The van der Waals surface area contributed by atoms with E-state index in [9.17, 15) is 0 Å². The number of hydrogen-bond acceptors (Lipinski definition) is 0. The zero-order valence-corrected chi connectivity index (χ0v) is 6.75. The molecule has 1 atom stereocenters. The van der Waals surface area contributed by atoms with Crippen molar-refractivity contribution in [1.82, 2.24) is 0 Å². The first-order chi connectivity index (χ1) is 5.31. The highest BCUT2D eigenvalue weighted by Gasteiger charge is 2.25. The summed E-state index contributed by atoms with van der Waals surface area (Å²) >= 11 is 0. The Balaban J connectivity index is 2.45. The molecule has 0 nitrogen and oxygen atoms in total. The smallest absolute Gasteiger partial charge is 0.0141 e. The molecule has 0 saturated heterocycles. The van der Waals surface area contributed by atoms with E-state index in [1.807, 2.05) is 0 Å². The van der Waals surface area contributed by atoms with Gasteiger partial charge in [-0.2, -0.15) is 0 Å². The van der Waals surface area contributed by atoms with Crippen LogP contribution in [-0.4, -0.2) is 0 Å². The van der Waals surface area contributed by atoms with Crippen molar-refractivity contribution in [2.45, 2.75) is 13.3 Å². The quantitative estimate of drug-likeness (QED) is 0.490. The highest BCUT2D eigenvalue weighted by molar-refractivity contribution is 5.42. The summed E-state index contributed by atoms with van der Waals surface area (Å²) in [5.41, 5.74) is 1.71. The number of rotatable bonds is 0. The molecule has 0 aliphatic heterocycles. The van der Waals surface area contributed by atoms with Crippen molar-refractivity contribution in [3.05, 3.63) is 48.1 Å². The van der Waals surface area contributed by atoms with Crippen molar-refractivity contribution >= 4 is 0 Å². The fraction of sp³-hybridized carbons (Fsp3) is 0.273. The molecule has 56 valence electrons. The predicted octanol–water partition coefficient (Wildman–Crippen LogP) is 3.01. The molecule has 2 aliphatic rings. The third-order valence-electron chi connectivity index (χ3n) is 2.46. The van der Waals surface area contributed by atoms with E-state index in [0.29, 0.717) is 0 Å². The summed E-state index contributed by atoms with van der Waals surface area (Å²) in [4.78, 5) is 0. The monoisotopic (exact) mass is 144 g/mol. The Bertz CT molecular complexity index is 276. The highest BCUT2D eigenvalue weighted by Crippen LogP contribution is 2.38. The molecule has 0 aromatic rings. The zero-order chi connectivity index (χ0) is 7.73. The van der Waals surface area contributed by atoms with Crippen molar-refractivity contribution < 1.29 is 0 Å². The molecule has 0 radical (unpaired) electrons. The first-order valence-electron chi connectivity index (χ1n) is 4.04. The summed E-state index contributed by atoms with van der Waals surface area (Å²) in [6, 6.07) is 0. The van der Waals surface area contributed by atoms with Crippen LogP contribution in [0.2, 0.25) is 0 Å². The minimum absolute atomic E-state index is 0.281. The topological polar surface area (TPSA) is 0 Å². The number of fused-ring (bicyclic) bond motifs is 1. The van der Waals surface area contributed by atoms with Crippen LogP contribution in [0.25, 0.3) is 0 Å². The summed E-state index contributed by atoms with van der Waals surface area (Å²) in [7, 11) is 0. The molecule has 0 spiro atoms. The molecule has 2 rings (SSSR count). The van der Waals surface area contributed by atoms with E-state index < -0.39 is 0 Å². The first kappa shape index (κ1) is 6.66. The molecule has 0 fully saturated rings. The third kappa shape index (κ3) is 0.988. The average Bonchev–Trinajstić information content (AvgIpc) is 2.03. The van der Waals surface area contributed by atoms with Crippen LogP contribution < -0.4 is 0 Å². The van der Waals surface area contributed by atoms with Gasteiger partial charge in [0.2, 0.25) is 0 Å². The second kappa shape index (κ2) is 2.23. The molecule has 0 heterocycles. The van der Waals surface area contributed by atoms with Crippen LogP contribution in [0.3, 0.4) is 0 Å². The fourth-order valence-electron chi connectivity index (χ4n) is 1.63. The largest absolute Gasteiger partial charge is 0.0833 e. The van der Waals surface area contributed by atoms with E-state index in [-0.39, 0.29) is 5.41 Å². The van der Waals surface area contributed by atoms with Gasteiger partial charge in [-0.05, 0) is 12.0 Å². The van der Waals surface area contributed by atoms with Crippen molar-refractivity contribution in [3.8, 4) is 0 Å². The molecule has 0 aromatic heterocycles. The molecular weight excluding hydrogens is 132 g/mol. The fourth-order valence-corrected chi connectivity index (χ4v) is 1.63. The second-order valence-electron chi connectivity index (χ2n) is 3.39. The van der Waals surface area contributed by atoms with Gasteiger partial charge in [-0.3, -0.25) is 0 Å². The van der Waals surface area contributed by atoms with Crippen LogP contribution in [-0.2, 0) is 0 Å². The molecule has 2 aliphatic carbocycles. The van der Waals surface area contributed by atoms with Crippen molar-refractivity contribution in [3.63, 3.8) is 0 Å². The minimum atomic E-state index is 0.281. The number of hydrogen-bond donors (Lipinski definition) is 0. The maximum atomic E-state index is 2.28. The van der Waals surface area contributed by atoms with Gasteiger partial charge in [0.15, 0.2) is 0 Å². The SMILES string of the molecule is CC12C=CC=CC1=CC=CC2. The van der Waals surface area contributed by atoms with E-state index in [1.165, 1.54) is 5.57 Å². The Morgan fingerprint density at radius 1 is 1.27 bits per heavy atom. The molecule has 0 aromatic carbocycles. The Labute approximate surface area is 67.6 Å². The molecule has 0 amide bonds. The molecule has 0 heteroatoms. The summed E-state index contributed by atoms with van der Waals surface area (Å²) in [5, 5.41) is 0. The van der Waals surface area contributed by atoms with E-state index in [4.69, 9.17) is 0 Å². The van der Waals surface area contributed by atoms with E-state index in [1.54, 1.807) is 0 Å². The van der Waals surface area contributed by atoms with Gasteiger partial charge >= 0.3 is 0 Å². The lowest BCUT2D eigenvalue weighted by molar-refractivity contribution is 0.526. The lowest BCUT2D eigenvalue weighted by Gasteiger charge is -2.30. The van der Waals surface area contributed by atoms with E-state index in [2.05, 4.69) is 49.5 Å². The van der Waals surface area contributed by atoms with Gasteiger partial charge in [0.05, 0.1) is 0 Å². The third-order valence-corrected chi connectivity index (χ3v) is 2.46. The normalized spacial score (nSPS) is 33.4. The van der Waals surface area contributed by atoms with E-state index >= 15 is 0 Å². The van der Waals surface area contributed by atoms with E-state index in [0.717, 1.165) is 6.42 Å². The second-order valence-corrected chi connectivity index (χ2v) is 3.39. The van der Waals surface area contributed by atoms with Crippen LogP contribution in [0.15, 0.2) is 48.1 Å². The Morgan fingerprint density at radius 2 is 2.18 bits per heavy atom. The summed E-state index contributed by atoms with van der Waals surface area (Å²) in [6.45, 7) is 2.28. The molecule has 1 unspecified atom stereocenters. The summed E-state index contributed by atoms with van der Waals surface area (Å²) in [6.07, 6.45) is 16.4.